The summed E-state index contributed by atoms with van der Waals surface area (Å²) in [5, 5.41) is 11.9. The van der Waals surface area contributed by atoms with Crippen molar-refractivity contribution in [1.82, 2.24) is 25.1 Å². The van der Waals surface area contributed by atoms with Crippen LogP contribution in [0.4, 0.5) is 19.0 Å². The highest BCUT2D eigenvalue weighted by atomic mass is 19.4. The first kappa shape index (κ1) is 27.7. The number of halogens is 3. The second-order valence-electron chi connectivity index (χ2n) is 12.2. The Kier molecular flexibility index (Phi) is 6.63. The zero-order chi connectivity index (χ0) is 29.2. The Labute approximate surface area is 237 Å². The highest BCUT2D eigenvalue weighted by molar-refractivity contribution is 6.10. The van der Waals surface area contributed by atoms with E-state index in [0.29, 0.717) is 24.0 Å². The van der Waals surface area contributed by atoms with Gasteiger partial charge in [0, 0.05) is 30.8 Å². The number of aryl methyl sites for hydroxylation is 1. The monoisotopic (exact) mass is 568 g/mol. The number of fused-ring (bicyclic) bond motifs is 1. The Hall–Kier alpha value is -3.47. The summed E-state index contributed by atoms with van der Waals surface area (Å²) < 4.78 is 50.6. The van der Waals surface area contributed by atoms with Gasteiger partial charge in [-0.3, -0.25) is 9.69 Å². The second-order valence-corrected chi connectivity index (χ2v) is 12.2. The molecule has 2 saturated carbocycles. The number of carbonyl (C=O) groups is 1. The molecular weight excluding hydrogens is 533 g/mol. The molecule has 8 nitrogen and oxygen atoms in total. The fourth-order valence-electron chi connectivity index (χ4n) is 6.73. The van der Waals surface area contributed by atoms with Crippen LogP contribution in [0.3, 0.4) is 0 Å². The number of carbonyl (C=O) groups excluding carboxylic acids is 1. The standard InChI is InChI=1S/C30H35F3N6O2/c1-5-41-25-12-20(29(13-18(2)14-29)27-37-35-17-38(27)4)11-24(36-25)39-16-22-21(26(39)40)9-19(10-23(22)30(31,32)33)15-34-28(3)7-6-8-28/h9-12,17-18,34H,5-8,13-16H2,1-4H3/t18-,29-. The summed E-state index contributed by atoms with van der Waals surface area (Å²) in [6, 6.07) is 6.44. The van der Waals surface area contributed by atoms with Crippen LogP contribution in [0.5, 0.6) is 5.88 Å². The van der Waals surface area contributed by atoms with Gasteiger partial charge in [-0.1, -0.05) is 6.92 Å². The molecule has 41 heavy (non-hydrogen) atoms. The molecule has 3 aliphatic rings. The molecule has 0 radical (unpaired) electrons. The number of aromatic nitrogens is 4. The Morgan fingerprint density at radius 2 is 1.93 bits per heavy atom. The lowest BCUT2D eigenvalue weighted by atomic mass is 9.58. The third kappa shape index (κ3) is 4.77. The van der Waals surface area contributed by atoms with Crippen LogP contribution >= 0.6 is 0 Å². The van der Waals surface area contributed by atoms with Gasteiger partial charge in [0.15, 0.2) is 0 Å². The van der Waals surface area contributed by atoms with Crippen LogP contribution in [-0.2, 0) is 31.7 Å². The molecule has 6 rings (SSSR count). The second kappa shape index (κ2) is 9.82. The minimum absolute atomic E-state index is 0.0217. The molecule has 3 aromatic rings. The van der Waals surface area contributed by atoms with E-state index in [-0.39, 0.29) is 35.6 Å². The number of alkyl halides is 3. The lowest BCUT2D eigenvalue weighted by molar-refractivity contribution is -0.138. The molecule has 3 heterocycles. The largest absolute Gasteiger partial charge is 0.478 e. The van der Waals surface area contributed by atoms with Crippen molar-refractivity contribution in [3.8, 4) is 5.88 Å². The number of amides is 1. The molecule has 218 valence electrons. The molecule has 0 spiro atoms. The van der Waals surface area contributed by atoms with Crippen molar-refractivity contribution < 1.29 is 22.7 Å². The highest BCUT2D eigenvalue weighted by Gasteiger charge is 2.49. The summed E-state index contributed by atoms with van der Waals surface area (Å²) in [5.74, 6) is 1.33. The molecule has 1 aliphatic heterocycles. The highest BCUT2D eigenvalue weighted by Crippen LogP contribution is 2.52. The van der Waals surface area contributed by atoms with Crippen LogP contribution in [-0.4, -0.2) is 37.8 Å². The van der Waals surface area contributed by atoms with Gasteiger partial charge < -0.3 is 14.6 Å². The maximum Gasteiger partial charge on any atom is 0.416 e. The van der Waals surface area contributed by atoms with E-state index in [1.807, 2.05) is 24.6 Å². The van der Waals surface area contributed by atoms with Gasteiger partial charge in [-0.05, 0) is 86.8 Å². The first-order valence-electron chi connectivity index (χ1n) is 14.2. The van der Waals surface area contributed by atoms with Crippen LogP contribution in [0, 0.1) is 5.92 Å². The quantitative estimate of drug-likeness (QED) is 0.384. The van der Waals surface area contributed by atoms with E-state index in [2.05, 4.69) is 34.3 Å². The van der Waals surface area contributed by atoms with Crippen molar-refractivity contribution in [2.75, 3.05) is 11.5 Å². The van der Waals surface area contributed by atoms with Gasteiger partial charge in [0.2, 0.25) is 5.88 Å². The van der Waals surface area contributed by atoms with E-state index in [0.717, 1.165) is 43.5 Å². The number of hydrogen-bond donors (Lipinski definition) is 1. The van der Waals surface area contributed by atoms with E-state index in [1.165, 1.54) is 11.0 Å². The van der Waals surface area contributed by atoms with Crippen LogP contribution < -0.4 is 15.0 Å². The fourth-order valence-corrected chi connectivity index (χ4v) is 6.73. The van der Waals surface area contributed by atoms with Crippen LogP contribution in [0.25, 0.3) is 0 Å². The van der Waals surface area contributed by atoms with Crippen molar-refractivity contribution in [3.63, 3.8) is 0 Å². The van der Waals surface area contributed by atoms with Gasteiger partial charge in [-0.15, -0.1) is 10.2 Å². The van der Waals surface area contributed by atoms with Gasteiger partial charge in [0.25, 0.3) is 5.91 Å². The molecule has 1 aromatic carbocycles. The SMILES string of the molecule is CCOc1cc([C@]2(c3nncn3C)C[C@H](C)C2)cc(N2Cc3c(cc(CNC4(C)CCC4)cc3C(F)(F)F)C2=O)n1. The van der Waals surface area contributed by atoms with Gasteiger partial charge in [-0.2, -0.15) is 18.2 Å². The number of benzene rings is 1. The Morgan fingerprint density at radius 3 is 2.51 bits per heavy atom. The molecule has 11 heteroatoms. The number of pyridine rings is 1. The number of anilines is 1. The average Bonchev–Trinajstić information content (AvgIpc) is 3.46. The summed E-state index contributed by atoms with van der Waals surface area (Å²) in [6.45, 7) is 6.48. The molecule has 2 fully saturated rings. The van der Waals surface area contributed by atoms with Gasteiger partial charge in [-0.25, -0.2) is 0 Å². The summed E-state index contributed by atoms with van der Waals surface area (Å²) in [6.07, 6.45) is 1.75. The Bertz CT molecular complexity index is 1490. The summed E-state index contributed by atoms with van der Waals surface area (Å²) in [7, 11) is 1.89. The number of ether oxygens (including phenoxy) is 1. The Balaban J connectivity index is 1.40. The lowest BCUT2D eigenvalue weighted by Crippen LogP contribution is -2.47. The summed E-state index contributed by atoms with van der Waals surface area (Å²) in [4.78, 5) is 19.7. The van der Waals surface area contributed by atoms with Crippen molar-refractivity contribution in [2.45, 2.75) is 83.1 Å². The van der Waals surface area contributed by atoms with Crippen molar-refractivity contribution >= 4 is 11.7 Å². The average molecular weight is 569 g/mol. The third-order valence-electron chi connectivity index (χ3n) is 9.03. The first-order valence-corrected chi connectivity index (χ1v) is 14.2. The van der Waals surface area contributed by atoms with Crippen molar-refractivity contribution in [2.24, 2.45) is 13.0 Å². The van der Waals surface area contributed by atoms with Crippen LogP contribution in [0.1, 0.15) is 91.3 Å². The van der Waals surface area contributed by atoms with E-state index in [4.69, 9.17) is 4.74 Å². The van der Waals surface area contributed by atoms with E-state index in [1.54, 1.807) is 18.5 Å². The number of nitrogens with zero attached hydrogens (tertiary/aromatic N) is 5. The smallest absolute Gasteiger partial charge is 0.416 e. The number of rotatable bonds is 8. The molecule has 2 aliphatic carbocycles. The van der Waals surface area contributed by atoms with Gasteiger partial charge >= 0.3 is 6.18 Å². The number of hydrogen-bond acceptors (Lipinski definition) is 6. The summed E-state index contributed by atoms with van der Waals surface area (Å²) in [5.41, 5.74) is 0.0422. The van der Waals surface area contributed by atoms with E-state index in [9.17, 15) is 18.0 Å². The normalized spacial score (nSPS) is 23.2. The molecule has 2 aromatic heterocycles. The fraction of sp³-hybridized carbons (Fsp3) is 0.533. The van der Waals surface area contributed by atoms with Gasteiger partial charge in [0.1, 0.15) is 18.0 Å². The number of nitrogens with one attached hydrogen (secondary N) is 1. The maximum atomic E-state index is 14.3. The van der Waals surface area contributed by atoms with Crippen LogP contribution in [0.15, 0.2) is 30.6 Å². The van der Waals surface area contributed by atoms with E-state index < -0.39 is 23.1 Å². The molecule has 1 N–H and O–H groups in total. The Morgan fingerprint density at radius 1 is 1.17 bits per heavy atom. The third-order valence-corrected chi connectivity index (χ3v) is 9.03. The molecular formula is C30H35F3N6O2. The van der Waals surface area contributed by atoms with Gasteiger partial charge in [0.05, 0.1) is 24.1 Å². The van der Waals surface area contributed by atoms with Crippen molar-refractivity contribution in [1.29, 1.82) is 0 Å². The molecule has 0 atom stereocenters. The minimum atomic E-state index is -4.60. The lowest BCUT2D eigenvalue weighted by Gasteiger charge is -2.46. The topological polar surface area (TPSA) is 85.2 Å². The zero-order valence-corrected chi connectivity index (χ0v) is 23.8. The predicted octanol–water partition coefficient (Wildman–Crippen LogP) is 5.54. The minimum Gasteiger partial charge on any atom is -0.478 e. The molecule has 1 amide bonds. The maximum absolute atomic E-state index is 14.3. The predicted molar refractivity (Wildman–Crippen MR) is 147 cm³/mol. The summed E-state index contributed by atoms with van der Waals surface area (Å²) >= 11 is 0. The van der Waals surface area contributed by atoms with Crippen LogP contribution in [0.2, 0.25) is 0 Å². The first-order chi connectivity index (χ1) is 19.4. The van der Waals surface area contributed by atoms with Crippen molar-refractivity contribution in [3.05, 3.63) is 64.2 Å². The molecule has 0 unspecified atom stereocenters. The van der Waals surface area contributed by atoms with E-state index >= 15 is 0 Å². The molecule has 0 saturated heterocycles. The zero-order valence-electron chi connectivity index (χ0n) is 23.8. The molecule has 0 bridgehead atoms.